The predicted octanol–water partition coefficient (Wildman–Crippen LogP) is 2.33. The Morgan fingerprint density at radius 3 is 2.58 bits per heavy atom. The van der Waals surface area contributed by atoms with Crippen molar-refractivity contribution in [3.63, 3.8) is 0 Å². The van der Waals surface area contributed by atoms with Gasteiger partial charge in [-0.3, -0.25) is 9.78 Å². The van der Waals surface area contributed by atoms with Gasteiger partial charge in [0.15, 0.2) is 17.5 Å². The van der Waals surface area contributed by atoms with E-state index in [1.165, 1.54) is 18.5 Å². The van der Waals surface area contributed by atoms with Gasteiger partial charge in [0.25, 0.3) is 5.91 Å². The van der Waals surface area contributed by atoms with Crippen LogP contribution in [0.15, 0.2) is 30.6 Å². The Morgan fingerprint density at radius 1 is 1.16 bits per heavy atom. The first kappa shape index (κ1) is 12.9. The van der Waals surface area contributed by atoms with Gasteiger partial charge in [0.2, 0.25) is 0 Å². The molecule has 1 aromatic carbocycles. The molecule has 0 unspecified atom stereocenters. The second-order valence-corrected chi connectivity index (χ2v) is 3.64. The highest BCUT2D eigenvalue weighted by Crippen LogP contribution is 2.21. The quantitative estimate of drug-likeness (QED) is 0.820. The topological polar surface area (TPSA) is 68.0 Å². The Hall–Kier alpha value is -2.57. The number of nitrogens with two attached hydrogens (primary N) is 1. The van der Waals surface area contributed by atoms with E-state index in [0.717, 1.165) is 6.07 Å². The second-order valence-electron chi connectivity index (χ2n) is 3.64. The number of rotatable bonds is 2. The molecule has 19 heavy (non-hydrogen) atoms. The summed E-state index contributed by atoms with van der Waals surface area (Å²) >= 11 is 0. The van der Waals surface area contributed by atoms with Crippen molar-refractivity contribution < 1.29 is 18.0 Å². The van der Waals surface area contributed by atoms with Gasteiger partial charge >= 0.3 is 0 Å². The Bertz CT molecular complexity index is 646. The first-order chi connectivity index (χ1) is 9.00. The molecule has 0 aliphatic heterocycles. The zero-order valence-electron chi connectivity index (χ0n) is 9.45. The molecule has 0 fully saturated rings. The Kier molecular flexibility index (Phi) is 3.37. The van der Waals surface area contributed by atoms with Crippen molar-refractivity contribution in [1.82, 2.24) is 4.98 Å². The van der Waals surface area contributed by atoms with Gasteiger partial charge in [0.05, 0.1) is 23.1 Å². The number of pyridine rings is 1. The lowest BCUT2D eigenvalue weighted by Crippen LogP contribution is -2.15. The standard InChI is InChI=1S/C12H8F3N3O/c13-7-1-2-9(11(15)10(7)14)18-12(19)6-3-4-17-5-8(6)16/h1-5H,16H2,(H,18,19). The summed E-state index contributed by atoms with van der Waals surface area (Å²) < 4.78 is 39.1. The summed E-state index contributed by atoms with van der Waals surface area (Å²) in [5.74, 6) is -5.20. The van der Waals surface area contributed by atoms with Crippen LogP contribution >= 0.6 is 0 Å². The van der Waals surface area contributed by atoms with Gasteiger partial charge in [-0.1, -0.05) is 0 Å². The van der Waals surface area contributed by atoms with Crippen molar-refractivity contribution >= 4 is 17.3 Å². The molecule has 3 N–H and O–H groups in total. The molecule has 0 atom stereocenters. The average molecular weight is 267 g/mol. The zero-order valence-corrected chi connectivity index (χ0v) is 9.45. The minimum atomic E-state index is -1.65. The fraction of sp³-hybridized carbons (Fsp3) is 0. The summed E-state index contributed by atoms with van der Waals surface area (Å²) in [7, 11) is 0. The first-order valence-corrected chi connectivity index (χ1v) is 5.15. The molecule has 0 bridgehead atoms. The third kappa shape index (κ3) is 2.49. The molecule has 0 saturated heterocycles. The number of nitrogens with zero attached hydrogens (tertiary/aromatic N) is 1. The molecule has 98 valence electrons. The highest BCUT2D eigenvalue weighted by molar-refractivity contribution is 6.07. The summed E-state index contributed by atoms with van der Waals surface area (Å²) in [6.45, 7) is 0. The van der Waals surface area contributed by atoms with Gasteiger partial charge in [-0.05, 0) is 18.2 Å². The lowest BCUT2D eigenvalue weighted by Gasteiger charge is -2.08. The minimum Gasteiger partial charge on any atom is -0.397 e. The Labute approximate surface area is 106 Å². The van der Waals surface area contributed by atoms with Crippen LogP contribution in [0.2, 0.25) is 0 Å². The zero-order chi connectivity index (χ0) is 14.0. The van der Waals surface area contributed by atoms with E-state index in [1.54, 1.807) is 0 Å². The molecular formula is C12H8F3N3O. The summed E-state index contributed by atoms with van der Waals surface area (Å²) in [6.07, 6.45) is 2.57. The van der Waals surface area contributed by atoms with Crippen molar-refractivity contribution in [2.75, 3.05) is 11.1 Å². The number of amides is 1. The molecule has 0 aliphatic carbocycles. The van der Waals surface area contributed by atoms with Crippen LogP contribution in [0.4, 0.5) is 24.5 Å². The summed E-state index contributed by atoms with van der Waals surface area (Å²) in [4.78, 5) is 15.5. The summed E-state index contributed by atoms with van der Waals surface area (Å²) in [5, 5.41) is 2.11. The smallest absolute Gasteiger partial charge is 0.257 e. The molecule has 2 rings (SSSR count). The monoisotopic (exact) mass is 267 g/mol. The van der Waals surface area contributed by atoms with E-state index < -0.39 is 29.0 Å². The number of hydrogen-bond donors (Lipinski definition) is 2. The molecule has 1 heterocycles. The SMILES string of the molecule is Nc1cnccc1C(=O)Nc1ccc(F)c(F)c1F. The number of carbonyl (C=O) groups excluding carboxylic acids is 1. The minimum absolute atomic E-state index is 0.0548. The van der Waals surface area contributed by atoms with Crippen molar-refractivity contribution in [2.24, 2.45) is 0 Å². The normalized spacial score (nSPS) is 10.3. The molecule has 0 spiro atoms. The fourth-order valence-electron chi connectivity index (χ4n) is 1.43. The van der Waals surface area contributed by atoms with Crippen LogP contribution in [0.5, 0.6) is 0 Å². The number of carbonyl (C=O) groups is 1. The third-order valence-electron chi connectivity index (χ3n) is 2.38. The number of hydrogen-bond acceptors (Lipinski definition) is 3. The number of nitrogens with one attached hydrogen (secondary N) is 1. The van der Waals surface area contributed by atoms with Gasteiger partial charge in [-0.2, -0.15) is 0 Å². The van der Waals surface area contributed by atoms with E-state index in [2.05, 4.69) is 10.3 Å². The average Bonchev–Trinajstić information content (AvgIpc) is 2.40. The highest BCUT2D eigenvalue weighted by Gasteiger charge is 2.16. The van der Waals surface area contributed by atoms with E-state index in [4.69, 9.17) is 5.73 Å². The molecule has 0 radical (unpaired) electrons. The van der Waals surface area contributed by atoms with E-state index in [-0.39, 0.29) is 11.3 Å². The van der Waals surface area contributed by atoms with E-state index in [9.17, 15) is 18.0 Å². The van der Waals surface area contributed by atoms with Crippen LogP contribution in [0.3, 0.4) is 0 Å². The molecule has 2 aromatic rings. The van der Waals surface area contributed by atoms with Crippen molar-refractivity contribution in [2.45, 2.75) is 0 Å². The van der Waals surface area contributed by atoms with Crippen LogP contribution in [-0.2, 0) is 0 Å². The first-order valence-electron chi connectivity index (χ1n) is 5.15. The van der Waals surface area contributed by atoms with Crippen molar-refractivity contribution in [1.29, 1.82) is 0 Å². The van der Waals surface area contributed by atoms with Gasteiger partial charge in [0, 0.05) is 6.20 Å². The molecule has 1 amide bonds. The van der Waals surface area contributed by atoms with Gasteiger partial charge in [0.1, 0.15) is 0 Å². The molecule has 0 aliphatic rings. The van der Waals surface area contributed by atoms with Crippen molar-refractivity contribution in [3.8, 4) is 0 Å². The lowest BCUT2D eigenvalue weighted by molar-refractivity contribution is 0.102. The predicted molar refractivity (Wildman–Crippen MR) is 62.9 cm³/mol. The molecule has 4 nitrogen and oxygen atoms in total. The maximum Gasteiger partial charge on any atom is 0.257 e. The van der Waals surface area contributed by atoms with Gasteiger partial charge < -0.3 is 11.1 Å². The number of benzene rings is 1. The van der Waals surface area contributed by atoms with E-state index >= 15 is 0 Å². The largest absolute Gasteiger partial charge is 0.397 e. The second kappa shape index (κ2) is 4.97. The van der Waals surface area contributed by atoms with Crippen LogP contribution in [0.25, 0.3) is 0 Å². The van der Waals surface area contributed by atoms with Crippen LogP contribution in [-0.4, -0.2) is 10.9 Å². The number of anilines is 2. The van der Waals surface area contributed by atoms with Crippen molar-refractivity contribution in [3.05, 3.63) is 53.6 Å². The van der Waals surface area contributed by atoms with Crippen LogP contribution in [0, 0.1) is 17.5 Å². The van der Waals surface area contributed by atoms with Crippen LogP contribution < -0.4 is 11.1 Å². The van der Waals surface area contributed by atoms with Gasteiger partial charge in [-0.25, -0.2) is 13.2 Å². The Morgan fingerprint density at radius 2 is 1.89 bits per heavy atom. The Balaban J connectivity index is 2.30. The maximum absolute atomic E-state index is 13.4. The number of aromatic nitrogens is 1. The summed E-state index contributed by atoms with van der Waals surface area (Å²) in [6, 6.07) is 2.95. The molecular weight excluding hydrogens is 259 g/mol. The molecule has 7 heteroatoms. The number of nitrogen functional groups attached to an aromatic ring is 1. The lowest BCUT2D eigenvalue weighted by atomic mass is 10.2. The fourth-order valence-corrected chi connectivity index (χ4v) is 1.43. The molecule has 1 aromatic heterocycles. The third-order valence-corrected chi connectivity index (χ3v) is 2.38. The van der Waals surface area contributed by atoms with E-state index in [0.29, 0.717) is 6.07 Å². The van der Waals surface area contributed by atoms with Crippen LogP contribution in [0.1, 0.15) is 10.4 Å². The highest BCUT2D eigenvalue weighted by atomic mass is 19.2. The maximum atomic E-state index is 13.4. The summed E-state index contributed by atoms with van der Waals surface area (Å²) in [5.41, 5.74) is 5.18. The molecule has 0 saturated carbocycles. The van der Waals surface area contributed by atoms with E-state index in [1.807, 2.05) is 0 Å². The number of halogens is 3. The van der Waals surface area contributed by atoms with Gasteiger partial charge in [-0.15, -0.1) is 0 Å².